The van der Waals surface area contributed by atoms with E-state index < -0.39 is 6.04 Å². The molecule has 0 saturated carbocycles. The summed E-state index contributed by atoms with van der Waals surface area (Å²) < 4.78 is 13.5. The minimum absolute atomic E-state index is 0.0550. The van der Waals surface area contributed by atoms with Crippen molar-refractivity contribution in [1.29, 1.82) is 0 Å². The third-order valence-corrected chi connectivity index (χ3v) is 6.03. The second-order valence-electron chi connectivity index (χ2n) is 9.19. The molecule has 2 amide bonds. The van der Waals surface area contributed by atoms with Gasteiger partial charge in [0.25, 0.3) is 0 Å². The van der Waals surface area contributed by atoms with Crippen molar-refractivity contribution in [2.45, 2.75) is 65.1 Å². The Hall–Kier alpha value is -3.47. The topological polar surface area (TPSA) is 49.4 Å². The average Bonchev–Trinajstić information content (AvgIpc) is 2.86. The van der Waals surface area contributed by atoms with E-state index in [9.17, 15) is 14.0 Å². The Morgan fingerprint density at radius 3 is 2.03 bits per heavy atom. The first-order valence-corrected chi connectivity index (χ1v) is 12.3. The Labute approximate surface area is 208 Å². The highest BCUT2D eigenvalue weighted by Crippen LogP contribution is 2.18. The van der Waals surface area contributed by atoms with Gasteiger partial charge in [0.05, 0.1) is 0 Å². The lowest BCUT2D eigenvalue weighted by molar-refractivity contribution is -0.141. The van der Waals surface area contributed by atoms with Crippen LogP contribution in [0, 0.1) is 5.82 Å². The Morgan fingerprint density at radius 1 is 0.829 bits per heavy atom. The summed E-state index contributed by atoms with van der Waals surface area (Å²) in [5, 5.41) is 2.99. The maximum Gasteiger partial charge on any atom is 0.243 e. The van der Waals surface area contributed by atoms with Gasteiger partial charge in [-0.15, -0.1) is 0 Å². The quantitative estimate of drug-likeness (QED) is 0.400. The second-order valence-corrected chi connectivity index (χ2v) is 9.19. The first kappa shape index (κ1) is 26.1. The van der Waals surface area contributed by atoms with E-state index >= 15 is 0 Å². The van der Waals surface area contributed by atoms with Gasteiger partial charge >= 0.3 is 0 Å². The number of carbonyl (C=O) groups excluding carboxylic acids is 2. The van der Waals surface area contributed by atoms with Crippen molar-refractivity contribution < 1.29 is 14.0 Å². The molecule has 184 valence electrons. The van der Waals surface area contributed by atoms with Crippen LogP contribution in [0.25, 0.3) is 0 Å². The van der Waals surface area contributed by atoms with Gasteiger partial charge in [-0.1, -0.05) is 73.7 Å². The number of benzene rings is 3. The van der Waals surface area contributed by atoms with E-state index in [1.54, 1.807) is 17.0 Å². The Balaban J connectivity index is 1.87. The van der Waals surface area contributed by atoms with Gasteiger partial charge in [-0.05, 0) is 61.1 Å². The lowest BCUT2D eigenvalue weighted by Crippen LogP contribution is -2.51. The van der Waals surface area contributed by atoms with Gasteiger partial charge in [0.15, 0.2) is 0 Å². The predicted octanol–water partition coefficient (Wildman–Crippen LogP) is 5.49. The Bertz CT molecular complexity index is 1080. The summed E-state index contributed by atoms with van der Waals surface area (Å²) in [5.74, 6) is -0.624. The van der Waals surface area contributed by atoms with E-state index in [2.05, 4.69) is 36.5 Å². The van der Waals surface area contributed by atoms with E-state index in [-0.39, 0.29) is 36.6 Å². The maximum atomic E-state index is 13.6. The van der Waals surface area contributed by atoms with E-state index in [0.29, 0.717) is 12.8 Å². The molecule has 0 fully saturated rings. The average molecular weight is 475 g/mol. The lowest BCUT2D eigenvalue weighted by atomic mass is 10.0. The Morgan fingerprint density at radius 2 is 1.43 bits per heavy atom. The standard InChI is InChI=1S/C30H35FN2O2/c1-4-23-10-12-24(13-11-23)16-19-29(34)33(21-26-14-17-27(31)18-15-26)28(30(35)32-22(2)3)20-25-8-6-5-7-9-25/h5-15,17-18,22,28H,4,16,19-21H2,1-3H3,(H,32,35). The fourth-order valence-electron chi connectivity index (χ4n) is 4.06. The van der Waals surface area contributed by atoms with Crippen molar-refractivity contribution >= 4 is 11.8 Å². The van der Waals surface area contributed by atoms with Crippen LogP contribution in [0.3, 0.4) is 0 Å². The number of aryl methyl sites for hydroxylation is 2. The normalized spacial score (nSPS) is 11.8. The summed E-state index contributed by atoms with van der Waals surface area (Å²) in [6.07, 6.45) is 2.24. The van der Waals surface area contributed by atoms with Gasteiger partial charge in [-0.2, -0.15) is 0 Å². The largest absolute Gasteiger partial charge is 0.352 e. The van der Waals surface area contributed by atoms with Crippen molar-refractivity contribution in [3.05, 3.63) is 107 Å². The van der Waals surface area contributed by atoms with Gasteiger partial charge in [-0.3, -0.25) is 9.59 Å². The number of halogens is 1. The summed E-state index contributed by atoms with van der Waals surface area (Å²) in [7, 11) is 0. The molecule has 3 aromatic rings. The van der Waals surface area contributed by atoms with E-state index in [0.717, 1.165) is 23.1 Å². The molecule has 35 heavy (non-hydrogen) atoms. The third kappa shape index (κ3) is 8.06. The number of nitrogens with one attached hydrogen (secondary N) is 1. The molecule has 5 heteroatoms. The summed E-state index contributed by atoms with van der Waals surface area (Å²) >= 11 is 0. The molecule has 3 rings (SSSR count). The zero-order valence-electron chi connectivity index (χ0n) is 20.8. The fourth-order valence-corrected chi connectivity index (χ4v) is 4.06. The number of carbonyl (C=O) groups is 2. The molecule has 0 aliphatic heterocycles. The van der Waals surface area contributed by atoms with Crippen molar-refractivity contribution in [1.82, 2.24) is 10.2 Å². The molecule has 0 aliphatic rings. The van der Waals surface area contributed by atoms with Gasteiger partial charge in [0.2, 0.25) is 11.8 Å². The molecule has 3 aromatic carbocycles. The molecule has 1 unspecified atom stereocenters. The molecule has 0 aromatic heterocycles. The van der Waals surface area contributed by atoms with Crippen molar-refractivity contribution in [2.75, 3.05) is 0 Å². The van der Waals surface area contributed by atoms with Crippen molar-refractivity contribution in [3.8, 4) is 0 Å². The van der Waals surface area contributed by atoms with Gasteiger partial charge in [0, 0.05) is 25.4 Å². The van der Waals surface area contributed by atoms with Gasteiger partial charge in [-0.25, -0.2) is 4.39 Å². The van der Waals surface area contributed by atoms with E-state index in [1.165, 1.54) is 17.7 Å². The highest BCUT2D eigenvalue weighted by Gasteiger charge is 2.30. The lowest BCUT2D eigenvalue weighted by Gasteiger charge is -2.32. The fraction of sp³-hybridized carbons (Fsp3) is 0.333. The smallest absolute Gasteiger partial charge is 0.243 e. The number of rotatable bonds is 11. The van der Waals surface area contributed by atoms with E-state index in [4.69, 9.17) is 0 Å². The van der Waals surface area contributed by atoms with E-state index in [1.807, 2.05) is 44.2 Å². The molecular formula is C30H35FN2O2. The second kappa shape index (κ2) is 12.8. The SMILES string of the molecule is CCc1ccc(CCC(=O)N(Cc2ccc(F)cc2)C(Cc2ccccc2)C(=O)NC(C)C)cc1. The predicted molar refractivity (Wildman–Crippen MR) is 138 cm³/mol. The molecule has 0 saturated heterocycles. The monoisotopic (exact) mass is 474 g/mol. The van der Waals surface area contributed by atoms with Crippen LogP contribution in [0.4, 0.5) is 4.39 Å². The van der Waals surface area contributed by atoms with Crippen LogP contribution >= 0.6 is 0 Å². The Kier molecular flexibility index (Phi) is 9.59. The third-order valence-electron chi connectivity index (χ3n) is 6.03. The van der Waals surface area contributed by atoms with Crippen LogP contribution in [0.15, 0.2) is 78.9 Å². The summed E-state index contributed by atoms with van der Waals surface area (Å²) in [5.41, 5.74) is 4.10. The van der Waals surface area contributed by atoms with Gasteiger partial charge < -0.3 is 10.2 Å². The molecule has 1 N–H and O–H groups in total. The molecule has 0 heterocycles. The molecule has 0 radical (unpaired) electrons. The number of hydrogen-bond donors (Lipinski definition) is 1. The van der Waals surface area contributed by atoms with Crippen molar-refractivity contribution in [2.24, 2.45) is 0 Å². The van der Waals surface area contributed by atoms with Crippen molar-refractivity contribution in [3.63, 3.8) is 0 Å². The summed E-state index contributed by atoms with van der Waals surface area (Å²) in [4.78, 5) is 28.6. The van der Waals surface area contributed by atoms with Crippen LogP contribution in [0.5, 0.6) is 0 Å². The van der Waals surface area contributed by atoms with Crippen LogP contribution < -0.4 is 5.32 Å². The van der Waals surface area contributed by atoms with Crippen LogP contribution in [0.1, 0.15) is 49.4 Å². The summed E-state index contributed by atoms with van der Waals surface area (Å²) in [6, 6.07) is 23.4. The first-order valence-electron chi connectivity index (χ1n) is 12.3. The number of amides is 2. The van der Waals surface area contributed by atoms with Crippen LogP contribution in [-0.4, -0.2) is 28.8 Å². The molecule has 0 bridgehead atoms. The van der Waals surface area contributed by atoms with Gasteiger partial charge in [0.1, 0.15) is 11.9 Å². The zero-order chi connectivity index (χ0) is 25.2. The molecule has 0 spiro atoms. The zero-order valence-corrected chi connectivity index (χ0v) is 20.8. The molecule has 0 aliphatic carbocycles. The summed E-state index contributed by atoms with van der Waals surface area (Å²) in [6.45, 7) is 6.16. The molecule has 1 atom stereocenters. The number of nitrogens with zero attached hydrogens (tertiary/aromatic N) is 1. The molecular weight excluding hydrogens is 439 g/mol. The number of hydrogen-bond acceptors (Lipinski definition) is 2. The highest BCUT2D eigenvalue weighted by atomic mass is 19.1. The maximum absolute atomic E-state index is 13.6. The molecule has 4 nitrogen and oxygen atoms in total. The highest BCUT2D eigenvalue weighted by molar-refractivity contribution is 5.88. The first-order chi connectivity index (χ1) is 16.9. The minimum Gasteiger partial charge on any atom is -0.352 e. The van der Waals surface area contributed by atoms with Crippen LogP contribution in [-0.2, 0) is 35.4 Å². The minimum atomic E-state index is -0.681. The van der Waals surface area contributed by atoms with Crippen LogP contribution in [0.2, 0.25) is 0 Å².